The van der Waals surface area contributed by atoms with Crippen LogP contribution in [0.2, 0.25) is 0 Å². The molecule has 2 aromatic carbocycles. The maximum Gasteiger partial charge on any atom is 0.519 e. The van der Waals surface area contributed by atoms with E-state index >= 15 is 0 Å². The predicted molar refractivity (Wildman–Crippen MR) is 128 cm³/mol. The molecule has 0 spiro atoms. The number of thioether (sulfide) groups is 1. The summed E-state index contributed by atoms with van der Waals surface area (Å²) in [6.07, 6.45) is 0. The van der Waals surface area contributed by atoms with Gasteiger partial charge in [0, 0.05) is 12.5 Å². The van der Waals surface area contributed by atoms with Gasteiger partial charge >= 0.3 is 17.1 Å². The molecule has 1 N–H and O–H groups in total. The molecular weight excluding hydrogens is 474 g/mol. The van der Waals surface area contributed by atoms with Gasteiger partial charge in [-0.1, -0.05) is 60.7 Å². The summed E-state index contributed by atoms with van der Waals surface area (Å²) in [6.45, 7) is 4.14. The number of nitrogens with one attached hydrogen (secondary N) is 1. The lowest BCUT2D eigenvalue weighted by Crippen LogP contribution is -2.53. The molecule has 0 aliphatic rings. The van der Waals surface area contributed by atoms with Crippen LogP contribution in [0.5, 0.6) is 0 Å². The first kappa shape index (κ1) is 25.8. The number of benzene rings is 2. The normalized spacial score (nSPS) is 12.0. The van der Waals surface area contributed by atoms with Gasteiger partial charge in [0.25, 0.3) is 0 Å². The van der Waals surface area contributed by atoms with Crippen LogP contribution in [0.1, 0.15) is 32.1 Å². The summed E-state index contributed by atoms with van der Waals surface area (Å²) in [5, 5.41) is 1.81. The Morgan fingerprint density at radius 1 is 0.943 bits per heavy atom. The molecule has 1 amide bonds. The maximum atomic E-state index is 12.8. The lowest BCUT2D eigenvalue weighted by molar-refractivity contribution is -0.149. The molecule has 0 radical (unpaired) electrons. The molecule has 0 saturated heterocycles. The van der Waals surface area contributed by atoms with E-state index in [9.17, 15) is 19.2 Å². The van der Waals surface area contributed by atoms with E-state index < -0.39 is 33.8 Å². The van der Waals surface area contributed by atoms with Gasteiger partial charge in [-0.05, 0) is 31.2 Å². The summed E-state index contributed by atoms with van der Waals surface area (Å²) in [4.78, 5) is 48.8. The standard InChI is InChI=1S/C25H25NO8S/c1-16(27)26-21(22(28)31-14-17-10-6-4-7-11-17)25(2,3)35-24(30)32-15-19-20(34-23(29)33-19)18-12-8-5-9-13-18/h4-13,21H,14-15H2,1-3H3,(H,26,27)/t21-/m0/s1. The Hall–Kier alpha value is -3.79. The molecule has 35 heavy (non-hydrogen) atoms. The summed E-state index contributed by atoms with van der Waals surface area (Å²) < 4.78 is 19.6. The van der Waals surface area contributed by atoms with Crippen molar-refractivity contribution in [3.05, 3.63) is 82.6 Å². The van der Waals surface area contributed by atoms with Gasteiger partial charge in [-0.3, -0.25) is 4.79 Å². The zero-order valence-electron chi connectivity index (χ0n) is 19.4. The molecule has 10 heteroatoms. The van der Waals surface area contributed by atoms with Gasteiger partial charge in [-0.2, -0.15) is 0 Å². The highest BCUT2D eigenvalue weighted by atomic mass is 32.2. The molecule has 1 heterocycles. The fourth-order valence-electron chi connectivity index (χ4n) is 3.17. The average molecular weight is 500 g/mol. The van der Waals surface area contributed by atoms with Crippen LogP contribution < -0.4 is 11.1 Å². The van der Waals surface area contributed by atoms with Crippen LogP contribution >= 0.6 is 11.8 Å². The molecule has 0 fully saturated rings. The minimum atomic E-state index is -1.13. The Bertz CT molecular complexity index is 1220. The molecule has 0 aliphatic heterocycles. The minimum Gasteiger partial charge on any atom is -0.459 e. The number of carbonyl (C=O) groups excluding carboxylic acids is 3. The highest BCUT2D eigenvalue weighted by Gasteiger charge is 2.40. The van der Waals surface area contributed by atoms with Gasteiger partial charge in [0.05, 0.1) is 4.75 Å². The van der Waals surface area contributed by atoms with Crippen LogP contribution in [-0.4, -0.2) is 28.0 Å². The lowest BCUT2D eigenvalue weighted by atomic mass is 10.0. The van der Waals surface area contributed by atoms with Gasteiger partial charge < -0.3 is 23.6 Å². The Morgan fingerprint density at radius 2 is 1.57 bits per heavy atom. The zero-order chi connectivity index (χ0) is 25.4. The van der Waals surface area contributed by atoms with E-state index in [1.54, 1.807) is 56.3 Å². The maximum absolute atomic E-state index is 12.8. The molecule has 9 nitrogen and oxygen atoms in total. The highest BCUT2D eigenvalue weighted by Crippen LogP contribution is 2.32. The van der Waals surface area contributed by atoms with Crippen LogP contribution in [0.4, 0.5) is 4.79 Å². The molecule has 1 aromatic heterocycles. The number of carbonyl (C=O) groups is 3. The number of ether oxygens (including phenoxy) is 2. The first-order chi connectivity index (χ1) is 16.7. The van der Waals surface area contributed by atoms with E-state index in [1.807, 2.05) is 18.2 Å². The van der Waals surface area contributed by atoms with Gasteiger partial charge in [0.2, 0.25) is 5.91 Å². The Labute approximate surface area is 205 Å². The van der Waals surface area contributed by atoms with Crippen molar-refractivity contribution in [3.8, 4) is 11.3 Å². The third kappa shape index (κ3) is 7.35. The number of amides is 1. The smallest absolute Gasteiger partial charge is 0.459 e. The summed E-state index contributed by atoms with van der Waals surface area (Å²) in [5.74, 6) is -1.86. The van der Waals surface area contributed by atoms with Gasteiger partial charge in [0.15, 0.2) is 18.1 Å². The molecule has 3 aromatic rings. The van der Waals surface area contributed by atoms with E-state index in [2.05, 4.69) is 5.32 Å². The highest BCUT2D eigenvalue weighted by molar-refractivity contribution is 8.14. The van der Waals surface area contributed by atoms with Gasteiger partial charge in [-0.15, -0.1) is 0 Å². The molecule has 0 saturated carbocycles. The van der Waals surface area contributed by atoms with Crippen LogP contribution in [0, 0.1) is 0 Å². The van der Waals surface area contributed by atoms with E-state index in [4.69, 9.17) is 18.3 Å². The van der Waals surface area contributed by atoms with Crippen LogP contribution in [-0.2, 0) is 32.3 Å². The SMILES string of the molecule is CC(=O)N[C@@H](C(=O)OCc1ccccc1)C(C)(C)SC(=O)OCc1oc(=O)oc1-c1ccccc1. The third-order valence-electron chi connectivity index (χ3n) is 4.85. The second kappa shape index (κ2) is 11.6. The Kier molecular flexibility index (Phi) is 8.53. The van der Waals surface area contributed by atoms with Crippen molar-refractivity contribution in [1.29, 1.82) is 0 Å². The van der Waals surface area contributed by atoms with Crippen molar-refractivity contribution in [1.82, 2.24) is 5.32 Å². The van der Waals surface area contributed by atoms with Crippen molar-refractivity contribution in [2.45, 2.75) is 44.8 Å². The van der Waals surface area contributed by atoms with Crippen molar-refractivity contribution < 1.29 is 32.7 Å². The van der Waals surface area contributed by atoms with Gasteiger partial charge in [0.1, 0.15) is 12.6 Å². The fraction of sp³-hybridized carbons (Fsp3) is 0.280. The monoisotopic (exact) mass is 499 g/mol. The van der Waals surface area contributed by atoms with Crippen molar-refractivity contribution >= 4 is 28.9 Å². The van der Waals surface area contributed by atoms with Crippen molar-refractivity contribution in [2.24, 2.45) is 0 Å². The summed E-state index contributed by atoms with van der Waals surface area (Å²) >= 11 is 0.703. The average Bonchev–Trinajstić information content (AvgIpc) is 3.21. The summed E-state index contributed by atoms with van der Waals surface area (Å²) in [5.41, 5.74) is 1.37. The van der Waals surface area contributed by atoms with Gasteiger partial charge in [-0.25, -0.2) is 14.4 Å². The van der Waals surface area contributed by atoms with Crippen LogP contribution in [0.25, 0.3) is 11.3 Å². The molecule has 3 rings (SSSR count). The Morgan fingerprint density at radius 3 is 2.20 bits per heavy atom. The number of esters is 1. The van der Waals surface area contributed by atoms with Crippen molar-refractivity contribution in [2.75, 3.05) is 0 Å². The fourth-order valence-corrected chi connectivity index (χ4v) is 3.99. The van der Waals surface area contributed by atoms with E-state index in [1.165, 1.54) is 6.92 Å². The van der Waals surface area contributed by atoms with Crippen LogP contribution in [0.15, 0.2) is 74.3 Å². The number of hydrogen-bond donors (Lipinski definition) is 1. The predicted octanol–water partition coefficient (Wildman–Crippen LogP) is 4.30. The second-order valence-electron chi connectivity index (χ2n) is 8.04. The molecule has 0 unspecified atom stereocenters. The topological polar surface area (TPSA) is 125 Å². The first-order valence-electron chi connectivity index (χ1n) is 10.7. The quantitative estimate of drug-likeness (QED) is 0.429. The lowest BCUT2D eigenvalue weighted by Gasteiger charge is -2.31. The minimum absolute atomic E-state index is 0.0166. The summed E-state index contributed by atoms with van der Waals surface area (Å²) in [6, 6.07) is 16.7. The zero-order valence-corrected chi connectivity index (χ0v) is 20.3. The van der Waals surface area contributed by atoms with Crippen LogP contribution in [0.3, 0.4) is 0 Å². The molecule has 184 valence electrons. The molecular formula is C25H25NO8S. The molecule has 0 aliphatic carbocycles. The third-order valence-corrected chi connectivity index (χ3v) is 5.90. The van der Waals surface area contributed by atoms with E-state index in [0.717, 1.165) is 5.56 Å². The van der Waals surface area contributed by atoms with E-state index in [0.29, 0.717) is 17.3 Å². The first-order valence-corrected chi connectivity index (χ1v) is 11.5. The van der Waals surface area contributed by atoms with Crippen molar-refractivity contribution in [3.63, 3.8) is 0 Å². The second-order valence-corrected chi connectivity index (χ2v) is 9.63. The number of hydrogen-bond acceptors (Lipinski definition) is 9. The molecule has 0 bridgehead atoms. The van der Waals surface area contributed by atoms with E-state index in [-0.39, 0.29) is 24.7 Å². The largest absolute Gasteiger partial charge is 0.519 e. The Balaban J connectivity index is 1.65. The number of rotatable bonds is 9. The molecule has 1 atom stereocenters. The summed E-state index contributed by atoms with van der Waals surface area (Å²) in [7, 11) is 0.